The van der Waals surface area contributed by atoms with Gasteiger partial charge in [0.2, 0.25) is 5.91 Å². The maximum atomic E-state index is 13.7. The zero-order chi connectivity index (χ0) is 18.7. The Balaban J connectivity index is 1.66. The second-order valence-corrected chi connectivity index (χ2v) is 6.93. The molecule has 0 fully saturated rings. The van der Waals surface area contributed by atoms with Gasteiger partial charge in [0.05, 0.1) is 15.8 Å². The predicted molar refractivity (Wildman–Crippen MR) is 95.1 cm³/mol. The third-order valence-corrected chi connectivity index (χ3v) is 4.57. The largest absolute Gasteiger partial charge is 0.411 e. The van der Waals surface area contributed by atoms with E-state index in [9.17, 15) is 13.6 Å². The zero-order valence-electron chi connectivity index (χ0n) is 13.4. The van der Waals surface area contributed by atoms with Crippen molar-refractivity contribution < 1.29 is 18.0 Å². The van der Waals surface area contributed by atoms with Gasteiger partial charge >= 0.3 is 0 Å². The summed E-state index contributed by atoms with van der Waals surface area (Å²) in [5, 5.41) is 9.68. The summed E-state index contributed by atoms with van der Waals surface area (Å²) in [7, 11) is 0. The molecule has 1 heterocycles. The average Bonchev–Trinajstić information content (AvgIpc) is 3.06. The van der Waals surface area contributed by atoms with Crippen LogP contribution in [0.3, 0.4) is 0 Å². The average molecular weight is 396 g/mol. The van der Waals surface area contributed by atoms with Crippen molar-refractivity contribution in [3.63, 3.8) is 0 Å². The van der Waals surface area contributed by atoms with E-state index < -0.39 is 16.9 Å². The van der Waals surface area contributed by atoms with Crippen LogP contribution in [0.5, 0.6) is 0 Å². The molecule has 1 N–H and O–H groups in total. The summed E-state index contributed by atoms with van der Waals surface area (Å²) in [6.45, 7) is 1.64. The smallest absolute Gasteiger partial charge is 0.277 e. The molecular formula is C17H12ClF2N3O2S. The van der Waals surface area contributed by atoms with Crippen molar-refractivity contribution >= 4 is 35.0 Å². The molecule has 0 spiro atoms. The molecule has 0 saturated heterocycles. The van der Waals surface area contributed by atoms with E-state index >= 15 is 0 Å². The van der Waals surface area contributed by atoms with Gasteiger partial charge in [-0.05, 0) is 37.3 Å². The number of halogens is 3. The van der Waals surface area contributed by atoms with Gasteiger partial charge in [-0.25, -0.2) is 8.78 Å². The van der Waals surface area contributed by atoms with Gasteiger partial charge in [0.1, 0.15) is 11.6 Å². The molecule has 134 valence electrons. The third-order valence-electron chi connectivity index (χ3n) is 3.34. The Kier molecular flexibility index (Phi) is 5.53. The summed E-state index contributed by atoms with van der Waals surface area (Å²) in [6.07, 6.45) is 0. The fourth-order valence-electron chi connectivity index (χ4n) is 2.02. The lowest BCUT2D eigenvalue weighted by atomic mass is 10.2. The van der Waals surface area contributed by atoms with Gasteiger partial charge in [-0.2, -0.15) is 0 Å². The Morgan fingerprint density at radius 2 is 1.96 bits per heavy atom. The summed E-state index contributed by atoms with van der Waals surface area (Å²) < 4.78 is 32.3. The number of amides is 1. The zero-order valence-corrected chi connectivity index (χ0v) is 14.9. The monoisotopic (exact) mass is 395 g/mol. The minimum atomic E-state index is -0.590. The number of carbonyl (C=O) groups excluding carboxylic acids is 1. The van der Waals surface area contributed by atoms with E-state index in [1.807, 2.05) is 0 Å². The van der Waals surface area contributed by atoms with E-state index in [0.29, 0.717) is 5.69 Å². The van der Waals surface area contributed by atoms with Gasteiger partial charge in [0, 0.05) is 5.69 Å². The van der Waals surface area contributed by atoms with Crippen LogP contribution < -0.4 is 5.32 Å². The van der Waals surface area contributed by atoms with Crippen molar-refractivity contribution in [1.29, 1.82) is 0 Å². The maximum absolute atomic E-state index is 13.7. The molecule has 3 rings (SSSR count). The summed E-state index contributed by atoms with van der Waals surface area (Å²) in [4.78, 5) is 12.2. The van der Waals surface area contributed by atoms with Gasteiger partial charge in [-0.15, -0.1) is 10.2 Å². The number of hydrogen-bond acceptors (Lipinski definition) is 5. The molecule has 0 aliphatic rings. The lowest BCUT2D eigenvalue weighted by Crippen LogP contribution is -2.22. The van der Waals surface area contributed by atoms with Crippen molar-refractivity contribution in [2.24, 2.45) is 0 Å². The number of rotatable bonds is 5. The molecule has 0 aliphatic carbocycles. The molecule has 1 atom stereocenters. The number of thioether (sulfide) groups is 1. The molecule has 0 saturated carbocycles. The van der Waals surface area contributed by atoms with Crippen molar-refractivity contribution in [1.82, 2.24) is 10.2 Å². The lowest BCUT2D eigenvalue weighted by molar-refractivity contribution is -0.115. The number of hydrogen-bond donors (Lipinski definition) is 1. The van der Waals surface area contributed by atoms with E-state index in [4.69, 9.17) is 16.0 Å². The Labute approximate surface area is 156 Å². The van der Waals surface area contributed by atoms with Crippen molar-refractivity contribution in [3.05, 3.63) is 59.1 Å². The van der Waals surface area contributed by atoms with Crippen LogP contribution in [0, 0.1) is 11.6 Å². The predicted octanol–water partition coefficient (Wildman–Crippen LogP) is 4.79. The number of carbonyl (C=O) groups is 1. The molecule has 5 nitrogen and oxygen atoms in total. The number of nitrogens with one attached hydrogen (secondary N) is 1. The quantitative estimate of drug-likeness (QED) is 0.629. The SMILES string of the molecule is C[C@H](Sc1nnc(-c2ccccc2F)o1)C(=O)Nc1ccc(F)c(Cl)c1. The lowest BCUT2D eigenvalue weighted by Gasteiger charge is -2.10. The molecule has 1 aromatic heterocycles. The Bertz CT molecular complexity index is 951. The fraction of sp³-hybridized carbons (Fsp3) is 0.118. The van der Waals surface area contributed by atoms with Gasteiger partial charge < -0.3 is 9.73 Å². The maximum Gasteiger partial charge on any atom is 0.277 e. The van der Waals surface area contributed by atoms with Crippen molar-refractivity contribution in [3.8, 4) is 11.5 Å². The summed E-state index contributed by atoms with van der Waals surface area (Å²) in [5.41, 5.74) is 0.552. The van der Waals surface area contributed by atoms with Crippen LogP contribution in [0.1, 0.15) is 6.92 Å². The molecule has 1 amide bonds. The Morgan fingerprint density at radius 1 is 1.19 bits per heavy atom. The normalized spacial score (nSPS) is 12.0. The van der Waals surface area contributed by atoms with Crippen LogP contribution in [0.15, 0.2) is 52.1 Å². The van der Waals surface area contributed by atoms with Crippen LogP contribution in [-0.4, -0.2) is 21.4 Å². The van der Waals surface area contributed by atoms with E-state index in [-0.39, 0.29) is 27.6 Å². The van der Waals surface area contributed by atoms with Crippen LogP contribution in [0.4, 0.5) is 14.5 Å². The highest BCUT2D eigenvalue weighted by Gasteiger charge is 2.20. The molecule has 26 heavy (non-hydrogen) atoms. The molecular weight excluding hydrogens is 384 g/mol. The molecule has 9 heteroatoms. The van der Waals surface area contributed by atoms with Gasteiger partial charge in [0.15, 0.2) is 0 Å². The molecule has 0 aliphatic heterocycles. The van der Waals surface area contributed by atoms with E-state index in [0.717, 1.165) is 17.8 Å². The number of aromatic nitrogens is 2. The van der Waals surface area contributed by atoms with Gasteiger partial charge in [-0.1, -0.05) is 35.5 Å². The van der Waals surface area contributed by atoms with E-state index in [1.54, 1.807) is 19.1 Å². The first kappa shape index (κ1) is 18.3. The van der Waals surface area contributed by atoms with Crippen LogP contribution in [-0.2, 0) is 4.79 Å². The highest BCUT2D eigenvalue weighted by molar-refractivity contribution is 8.00. The number of benzene rings is 2. The summed E-state index contributed by atoms with van der Waals surface area (Å²) in [5.74, 6) is -1.38. The summed E-state index contributed by atoms with van der Waals surface area (Å²) >= 11 is 6.70. The third kappa shape index (κ3) is 4.20. The molecule has 0 radical (unpaired) electrons. The van der Waals surface area contributed by atoms with Crippen LogP contribution in [0.2, 0.25) is 5.02 Å². The van der Waals surface area contributed by atoms with E-state index in [2.05, 4.69) is 15.5 Å². The van der Waals surface area contributed by atoms with Gasteiger partial charge in [0.25, 0.3) is 11.1 Å². The molecule has 0 bridgehead atoms. The molecule has 0 unspecified atom stereocenters. The van der Waals surface area contributed by atoms with Crippen LogP contribution >= 0.6 is 23.4 Å². The molecule has 3 aromatic rings. The summed E-state index contributed by atoms with van der Waals surface area (Å²) in [6, 6.07) is 9.89. The minimum Gasteiger partial charge on any atom is -0.411 e. The number of nitrogens with zero attached hydrogens (tertiary/aromatic N) is 2. The standard InChI is InChI=1S/C17H12ClF2N3O2S/c1-9(15(24)21-10-6-7-14(20)12(18)8-10)26-17-23-22-16(25-17)11-4-2-3-5-13(11)19/h2-9H,1H3,(H,21,24)/t9-/m0/s1. The molecule has 2 aromatic carbocycles. The second-order valence-electron chi connectivity index (χ2n) is 5.23. The van der Waals surface area contributed by atoms with Crippen molar-refractivity contribution in [2.45, 2.75) is 17.4 Å². The highest BCUT2D eigenvalue weighted by atomic mass is 35.5. The van der Waals surface area contributed by atoms with Gasteiger partial charge in [-0.3, -0.25) is 4.79 Å². The fourth-order valence-corrected chi connectivity index (χ4v) is 2.89. The first-order valence-corrected chi connectivity index (χ1v) is 8.71. The first-order chi connectivity index (χ1) is 12.4. The number of anilines is 1. The van der Waals surface area contributed by atoms with Crippen LogP contribution in [0.25, 0.3) is 11.5 Å². The highest BCUT2D eigenvalue weighted by Crippen LogP contribution is 2.28. The Hall–Kier alpha value is -2.45. The second kappa shape index (κ2) is 7.84. The van der Waals surface area contributed by atoms with Crippen molar-refractivity contribution in [2.75, 3.05) is 5.32 Å². The first-order valence-electron chi connectivity index (χ1n) is 7.45. The Morgan fingerprint density at radius 3 is 2.69 bits per heavy atom. The topological polar surface area (TPSA) is 68.0 Å². The minimum absolute atomic E-state index is 0.0310. The van der Waals surface area contributed by atoms with E-state index in [1.165, 1.54) is 24.3 Å².